The number of rotatable bonds is 2. The van der Waals surface area contributed by atoms with Gasteiger partial charge in [0, 0.05) is 38.4 Å². The van der Waals surface area contributed by atoms with Crippen LogP contribution in [-0.2, 0) is 6.54 Å². The van der Waals surface area contributed by atoms with Crippen molar-refractivity contribution in [3.05, 3.63) is 28.5 Å². The van der Waals surface area contributed by atoms with Crippen molar-refractivity contribution in [2.45, 2.75) is 19.5 Å². The fraction of sp³-hybridized carbons (Fsp3) is 0.545. The predicted molar refractivity (Wildman–Crippen MR) is 64.7 cm³/mol. The smallest absolute Gasteiger partial charge is 0.106 e. The number of halogens is 1. The number of aromatic nitrogens is 1. The molecule has 0 aromatic carbocycles. The third-order valence-electron chi connectivity index (χ3n) is 2.65. The topological polar surface area (TPSA) is 28.2 Å². The Balaban J connectivity index is 1.96. The van der Waals surface area contributed by atoms with Crippen molar-refractivity contribution < 1.29 is 0 Å². The molecule has 1 fully saturated rings. The molecule has 0 saturated carbocycles. The largest absolute Gasteiger partial charge is 0.312 e. The van der Waals surface area contributed by atoms with E-state index in [1.807, 2.05) is 6.20 Å². The molecule has 0 amide bonds. The van der Waals surface area contributed by atoms with Gasteiger partial charge in [-0.25, -0.2) is 4.98 Å². The summed E-state index contributed by atoms with van der Waals surface area (Å²) < 4.78 is 0.920. The summed E-state index contributed by atoms with van der Waals surface area (Å²) in [5.74, 6) is 0. The molecule has 0 bridgehead atoms. The van der Waals surface area contributed by atoms with Crippen molar-refractivity contribution in [1.82, 2.24) is 15.2 Å². The van der Waals surface area contributed by atoms with Crippen LogP contribution in [0.1, 0.15) is 12.5 Å². The minimum absolute atomic E-state index is 0.601. The van der Waals surface area contributed by atoms with Gasteiger partial charge >= 0.3 is 0 Å². The average Bonchev–Trinajstić information content (AvgIpc) is 2.17. The van der Waals surface area contributed by atoms with Crippen molar-refractivity contribution in [3.63, 3.8) is 0 Å². The van der Waals surface area contributed by atoms with Gasteiger partial charge in [-0.05, 0) is 40.5 Å². The van der Waals surface area contributed by atoms with Crippen LogP contribution in [0.25, 0.3) is 0 Å². The maximum absolute atomic E-state index is 4.13. The van der Waals surface area contributed by atoms with Crippen LogP contribution in [0.15, 0.2) is 22.9 Å². The maximum atomic E-state index is 4.13. The van der Waals surface area contributed by atoms with Crippen molar-refractivity contribution in [3.8, 4) is 0 Å². The summed E-state index contributed by atoms with van der Waals surface area (Å²) in [6.45, 7) is 6.60. The number of hydrogen-bond donors (Lipinski definition) is 1. The summed E-state index contributed by atoms with van der Waals surface area (Å²) in [5, 5.41) is 3.45. The molecule has 0 aliphatic carbocycles. The molecule has 1 N–H and O–H groups in total. The molecule has 1 aromatic heterocycles. The van der Waals surface area contributed by atoms with Gasteiger partial charge in [0.1, 0.15) is 4.60 Å². The van der Waals surface area contributed by atoms with Crippen LogP contribution < -0.4 is 5.32 Å². The highest BCUT2D eigenvalue weighted by atomic mass is 79.9. The van der Waals surface area contributed by atoms with E-state index in [0.29, 0.717) is 6.04 Å². The van der Waals surface area contributed by atoms with E-state index in [0.717, 1.165) is 30.8 Å². The van der Waals surface area contributed by atoms with Gasteiger partial charge in [-0.3, -0.25) is 4.90 Å². The van der Waals surface area contributed by atoms with Gasteiger partial charge in [0.15, 0.2) is 0 Å². The first-order valence-electron chi connectivity index (χ1n) is 5.30. The van der Waals surface area contributed by atoms with E-state index in [1.54, 1.807) is 0 Å². The zero-order valence-corrected chi connectivity index (χ0v) is 10.5. The quantitative estimate of drug-likeness (QED) is 0.828. The van der Waals surface area contributed by atoms with Crippen LogP contribution in [0.3, 0.4) is 0 Å². The highest BCUT2D eigenvalue weighted by molar-refractivity contribution is 9.10. The fourth-order valence-corrected chi connectivity index (χ4v) is 2.37. The second-order valence-electron chi connectivity index (χ2n) is 4.08. The Morgan fingerprint density at radius 3 is 3.27 bits per heavy atom. The molecular formula is C11H16BrN3. The lowest BCUT2D eigenvalue weighted by molar-refractivity contribution is 0.199. The van der Waals surface area contributed by atoms with Gasteiger partial charge in [-0.2, -0.15) is 0 Å². The molecular weight excluding hydrogens is 254 g/mol. The zero-order chi connectivity index (χ0) is 10.7. The second-order valence-corrected chi connectivity index (χ2v) is 4.89. The van der Waals surface area contributed by atoms with E-state index in [9.17, 15) is 0 Å². The molecule has 1 atom stereocenters. The molecule has 1 saturated heterocycles. The molecule has 4 heteroatoms. The van der Waals surface area contributed by atoms with Crippen molar-refractivity contribution in [2.75, 3.05) is 19.6 Å². The Morgan fingerprint density at radius 2 is 2.53 bits per heavy atom. The molecule has 3 nitrogen and oxygen atoms in total. The van der Waals surface area contributed by atoms with Gasteiger partial charge in [-0.1, -0.05) is 0 Å². The Labute approximate surface area is 99.0 Å². The van der Waals surface area contributed by atoms with Crippen molar-refractivity contribution in [2.24, 2.45) is 0 Å². The molecule has 0 unspecified atom stereocenters. The van der Waals surface area contributed by atoms with Crippen molar-refractivity contribution in [1.29, 1.82) is 0 Å². The molecule has 1 aliphatic heterocycles. The standard InChI is InChI=1S/C11H16BrN3/c1-9-7-15(5-4-13-9)8-10-2-3-14-11(12)6-10/h2-3,6,9,13H,4-5,7-8H2,1H3/t9-/m1/s1. The first-order valence-corrected chi connectivity index (χ1v) is 6.09. The zero-order valence-electron chi connectivity index (χ0n) is 8.91. The van der Waals surface area contributed by atoms with Gasteiger partial charge in [0.05, 0.1) is 0 Å². The normalized spacial score (nSPS) is 22.9. The number of piperazine rings is 1. The van der Waals surface area contributed by atoms with Gasteiger partial charge in [-0.15, -0.1) is 0 Å². The van der Waals surface area contributed by atoms with Crippen LogP contribution in [0.5, 0.6) is 0 Å². The van der Waals surface area contributed by atoms with Gasteiger partial charge in [0.2, 0.25) is 0 Å². The molecule has 2 heterocycles. The van der Waals surface area contributed by atoms with Crippen LogP contribution in [-0.4, -0.2) is 35.6 Å². The van der Waals surface area contributed by atoms with Crippen LogP contribution in [0, 0.1) is 0 Å². The lowest BCUT2D eigenvalue weighted by Gasteiger charge is -2.31. The molecule has 1 aromatic rings. The van der Waals surface area contributed by atoms with Gasteiger partial charge < -0.3 is 5.32 Å². The molecule has 15 heavy (non-hydrogen) atoms. The lowest BCUT2D eigenvalue weighted by atomic mass is 10.2. The van der Waals surface area contributed by atoms with E-state index >= 15 is 0 Å². The van der Waals surface area contributed by atoms with Crippen LogP contribution >= 0.6 is 15.9 Å². The Morgan fingerprint density at radius 1 is 1.67 bits per heavy atom. The summed E-state index contributed by atoms with van der Waals surface area (Å²) in [6, 6.07) is 4.77. The molecule has 1 aliphatic rings. The average molecular weight is 270 g/mol. The molecule has 0 spiro atoms. The van der Waals surface area contributed by atoms with Crippen molar-refractivity contribution >= 4 is 15.9 Å². The number of hydrogen-bond acceptors (Lipinski definition) is 3. The Bertz CT molecular complexity index is 329. The predicted octanol–water partition coefficient (Wildman–Crippen LogP) is 1.64. The minimum atomic E-state index is 0.601. The molecule has 82 valence electrons. The SMILES string of the molecule is C[C@@H]1CN(Cc2ccnc(Br)c2)CCN1. The van der Waals surface area contributed by atoms with Crippen LogP contribution in [0.2, 0.25) is 0 Å². The summed E-state index contributed by atoms with van der Waals surface area (Å²) in [6.07, 6.45) is 1.85. The minimum Gasteiger partial charge on any atom is -0.312 e. The summed E-state index contributed by atoms with van der Waals surface area (Å²) in [4.78, 5) is 6.61. The molecule has 2 rings (SSSR count). The second kappa shape index (κ2) is 5.05. The first-order chi connectivity index (χ1) is 7.24. The van der Waals surface area contributed by atoms with E-state index in [2.05, 4.69) is 50.2 Å². The van der Waals surface area contributed by atoms with Gasteiger partial charge in [0.25, 0.3) is 0 Å². The molecule has 0 radical (unpaired) electrons. The maximum Gasteiger partial charge on any atom is 0.106 e. The van der Waals surface area contributed by atoms with E-state index in [-0.39, 0.29) is 0 Å². The highest BCUT2D eigenvalue weighted by Crippen LogP contribution is 2.11. The van der Waals surface area contributed by atoms with Crippen LogP contribution in [0.4, 0.5) is 0 Å². The Hall–Kier alpha value is -0.450. The summed E-state index contributed by atoms with van der Waals surface area (Å²) in [7, 11) is 0. The number of pyridine rings is 1. The van der Waals surface area contributed by atoms with E-state index in [1.165, 1.54) is 5.56 Å². The van der Waals surface area contributed by atoms with E-state index < -0.39 is 0 Å². The third-order valence-corrected chi connectivity index (χ3v) is 3.08. The first kappa shape index (κ1) is 11.0. The fourth-order valence-electron chi connectivity index (χ4n) is 1.95. The highest BCUT2D eigenvalue weighted by Gasteiger charge is 2.15. The number of nitrogens with zero attached hydrogens (tertiary/aromatic N) is 2. The Kier molecular flexibility index (Phi) is 3.72. The number of nitrogens with one attached hydrogen (secondary N) is 1. The summed E-state index contributed by atoms with van der Waals surface area (Å²) in [5.41, 5.74) is 1.32. The third kappa shape index (κ3) is 3.26. The lowest BCUT2D eigenvalue weighted by Crippen LogP contribution is -2.48. The monoisotopic (exact) mass is 269 g/mol. The van der Waals surface area contributed by atoms with E-state index in [4.69, 9.17) is 0 Å². The summed E-state index contributed by atoms with van der Waals surface area (Å²) >= 11 is 3.40.